The van der Waals surface area contributed by atoms with E-state index in [0.717, 1.165) is 31.4 Å². The Morgan fingerprint density at radius 3 is 2.86 bits per heavy atom. The fourth-order valence-electron chi connectivity index (χ4n) is 2.67. The lowest BCUT2D eigenvalue weighted by Gasteiger charge is -2.23. The van der Waals surface area contributed by atoms with Gasteiger partial charge in [-0.15, -0.1) is 0 Å². The summed E-state index contributed by atoms with van der Waals surface area (Å²) in [5.41, 5.74) is 1.03. The van der Waals surface area contributed by atoms with Crippen LogP contribution in [0.1, 0.15) is 30.9 Å². The van der Waals surface area contributed by atoms with Gasteiger partial charge >= 0.3 is 6.09 Å². The van der Waals surface area contributed by atoms with Crippen molar-refractivity contribution >= 4 is 6.09 Å². The maximum atomic E-state index is 11.9. The lowest BCUT2D eigenvalue weighted by atomic mass is 10.1. The van der Waals surface area contributed by atoms with Crippen LogP contribution in [0, 0.1) is 0 Å². The standard InChI is InChI=1S/C16H21NO4/c18-16-17(9-11-20-15-8-4-5-10-19-15)12-14(21-16)13-6-2-1-3-7-13/h1-3,6-7,14-15H,4-5,8-12H2. The molecular weight excluding hydrogens is 270 g/mol. The molecule has 0 radical (unpaired) electrons. The summed E-state index contributed by atoms with van der Waals surface area (Å²) in [6.07, 6.45) is 2.64. The molecule has 114 valence electrons. The summed E-state index contributed by atoms with van der Waals surface area (Å²) >= 11 is 0. The van der Waals surface area contributed by atoms with Crippen LogP contribution in [-0.4, -0.2) is 43.6 Å². The third-order valence-corrected chi connectivity index (χ3v) is 3.86. The zero-order valence-corrected chi connectivity index (χ0v) is 12.1. The molecule has 2 unspecified atom stereocenters. The molecule has 2 aliphatic rings. The van der Waals surface area contributed by atoms with Crippen molar-refractivity contribution in [3.8, 4) is 0 Å². The zero-order valence-electron chi connectivity index (χ0n) is 12.1. The number of ether oxygens (including phenoxy) is 3. The second kappa shape index (κ2) is 6.91. The Balaban J connectivity index is 1.45. The van der Waals surface area contributed by atoms with Crippen LogP contribution in [0.5, 0.6) is 0 Å². The third kappa shape index (κ3) is 3.74. The van der Waals surface area contributed by atoms with Crippen LogP contribution >= 0.6 is 0 Å². The fourth-order valence-corrected chi connectivity index (χ4v) is 2.67. The summed E-state index contributed by atoms with van der Waals surface area (Å²) in [7, 11) is 0. The SMILES string of the molecule is O=C1OC(c2ccccc2)CN1CCOC1CCCCO1. The Bertz CT molecular complexity index is 459. The van der Waals surface area contributed by atoms with Crippen LogP contribution in [0.2, 0.25) is 0 Å². The molecule has 2 fully saturated rings. The van der Waals surface area contributed by atoms with E-state index in [2.05, 4.69) is 0 Å². The first-order valence-corrected chi connectivity index (χ1v) is 7.56. The van der Waals surface area contributed by atoms with Crippen LogP contribution in [0.15, 0.2) is 30.3 Å². The molecule has 3 rings (SSSR count). The molecule has 0 saturated carbocycles. The summed E-state index contributed by atoms with van der Waals surface area (Å²) in [6, 6.07) is 9.82. The number of rotatable bonds is 5. The lowest BCUT2D eigenvalue weighted by Crippen LogP contribution is -2.31. The largest absolute Gasteiger partial charge is 0.439 e. The van der Waals surface area contributed by atoms with Gasteiger partial charge in [-0.05, 0) is 24.8 Å². The quantitative estimate of drug-likeness (QED) is 0.837. The van der Waals surface area contributed by atoms with Crippen LogP contribution in [0.4, 0.5) is 4.79 Å². The molecule has 2 atom stereocenters. The highest BCUT2D eigenvalue weighted by Gasteiger charge is 2.32. The van der Waals surface area contributed by atoms with Crippen LogP contribution in [-0.2, 0) is 14.2 Å². The van der Waals surface area contributed by atoms with Gasteiger partial charge in [-0.2, -0.15) is 0 Å². The van der Waals surface area contributed by atoms with E-state index in [1.165, 1.54) is 0 Å². The summed E-state index contributed by atoms with van der Waals surface area (Å²) < 4.78 is 16.6. The topological polar surface area (TPSA) is 48.0 Å². The van der Waals surface area contributed by atoms with Gasteiger partial charge < -0.3 is 19.1 Å². The molecule has 0 spiro atoms. The molecule has 2 aliphatic heterocycles. The van der Waals surface area contributed by atoms with Crippen molar-refractivity contribution in [3.63, 3.8) is 0 Å². The Kier molecular flexibility index (Phi) is 4.72. The number of carbonyl (C=O) groups is 1. The van der Waals surface area contributed by atoms with Gasteiger partial charge in [0.05, 0.1) is 13.2 Å². The Labute approximate surface area is 124 Å². The van der Waals surface area contributed by atoms with Gasteiger partial charge in [0.25, 0.3) is 0 Å². The second-order valence-electron chi connectivity index (χ2n) is 5.40. The highest BCUT2D eigenvalue weighted by molar-refractivity contribution is 5.70. The van der Waals surface area contributed by atoms with Crippen molar-refractivity contribution in [2.24, 2.45) is 0 Å². The predicted octanol–water partition coefficient (Wildman–Crippen LogP) is 2.72. The number of benzene rings is 1. The monoisotopic (exact) mass is 291 g/mol. The van der Waals surface area contributed by atoms with Gasteiger partial charge in [0, 0.05) is 13.2 Å². The Morgan fingerprint density at radius 2 is 2.10 bits per heavy atom. The van der Waals surface area contributed by atoms with Gasteiger partial charge in [0.2, 0.25) is 0 Å². The van der Waals surface area contributed by atoms with Crippen molar-refractivity contribution < 1.29 is 19.0 Å². The number of carbonyl (C=O) groups excluding carboxylic acids is 1. The van der Waals surface area contributed by atoms with E-state index < -0.39 is 0 Å². The van der Waals surface area contributed by atoms with Crippen molar-refractivity contribution in [2.45, 2.75) is 31.7 Å². The fraction of sp³-hybridized carbons (Fsp3) is 0.562. The van der Waals surface area contributed by atoms with E-state index in [1.54, 1.807) is 4.90 Å². The van der Waals surface area contributed by atoms with Gasteiger partial charge in [-0.25, -0.2) is 4.79 Å². The highest BCUT2D eigenvalue weighted by Crippen LogP contribution is 2.25. The number of nitrogens with zero attached hydrogens (tertiary/aromatic N) is 1. The maximum Gasteiger partial charge on any atom is 0.410 e. The minimum Gasteiger partial charge on any atom is -0.439 e. The molecule has 1 aromatic carbocycles. The molecule has 1 amide bonds. The van der Waals surface area contributed by atoms with Gasteiger partial charge in [0.15, 0.2) is 6.29 Å². The molecule has 2 saturated heterocycles. The highest BCUT2D eigenvalue weighted by atomic mass is 16.7. The lowest BCUT2D eigenvalue weighted by molar-refractivity contribution is -0.163. The average Bonchev–Trinajstić information content (AvgIpc) is 2.91. The smallest absolute Gasteiger partial charge is 0.410 e. The van der Waals surface area contributed by atoms with Crippen molar-refractivity contribution in [2.75, 3.05) is 26.3 Å². The molecule has 5 nitrogen and oxygen atoms in total. The van der Waals surface area contributed by atoms with Gasteiger partial charge in [0.1, 0.15) is 6.10 Å². The normalized spacial score (nSPS) is 25.9. The molecule has 2 heterocycles. The van der Waals surface area contributed by atoms with Crippen molar-refractivity contribution in [1.29, 1.82) is 0 Å². The summed E-state index contributed by atoms with van der Waals surface area (Å²) in [5, 5.41) is 0. The van der Waals surface area contributed by atoms with E-state index in [1.807, 2.05) is 30.3 Å². The van der Waals surface area contributed by atoms with E-state index in [-0.39, 0.29) is 18.5 Å². The molecule has 5 heteroatoms. The van der Waals surface area contributed by atoms with Crippen LogP contribution < -0.4 is 0 Å². The Hall–Kier alpha value is -1.59. The minimum atomic E-state index is -0.267. The Morgan fingerprint density at radius 1 is 1.24 bits per heavy atom. The minimum absolute atomic E-state index is 0.109. The molecule has 0 aliphatic carbocycles. The summed E-state index contributed by atoms with van der Waals surface area (Å²) in [5.74, 6) is 0. The van der Waals surface area contributed by atoms with E-state index >= 15 is 0 Å². The first-order valence-electron chi connectivity index (χ1n) is 7.56. The predicted molar refractivity (Wildman–Crippen MR) is 76.8 cm³/mol. The first-order chi connectivity index (χ1) is 10.3. The van der Waals surface area contributed by atoms with Crippen molar-refractivity contribution in [1.82, 2.24) is 4.90 Å². The summed E-state index contributed by atoms with van der Waals surface area (Å²) in [6.45, 7) is 2.38. The molecule has 1 aromatic rings. The summed E-state index contributed by atoms with van der Waals surface area (Å²) in [4.78, 5) is 13.6. The number of cyclic esters (lactones) is 1. The molecular formula is C16H21NO4. The first kappa shape index (κ1) is 14.4. The molecule has 0 aromatic heterocycles. The van der Waals surface area contributed by atoms with E-state index in [4.69, 9.17) is 14.2 Å². The molecule has 0 bridgehead atoms. The number of hydrogen-bond donors (Lipinski definition) is 0. The van der Waals surface area contributed by atoms with E-state index in [9.17, 15) is 4.79 Å². The van der Waals surface area contributed by atoms with Crippen molar-refractivity contribution in [3.05, 3.63) is 35.9 Å². The van der Waals surface area contributed by atoms with E-state index in [0.29, 0.717) is 19.7 Å². The zero-order chi connectivity index (χ0) is 14.5. The van der Waals surface area contributed by atoms with Gasteiger partial charge in [-0.3, -0.25) is 0 Å². The molecule has 21 heavy (non-hydrogen) atoms. The average molecular weight is 291 g/mol. The number of hydrogen-bond acceptors (Lipinski definition) is 4. The van der Waals surface area contributed by atoms with Crippen LogP contribution in [0.3, 0.4) is 0 Å². The van der Waals surface area contributed by atoms with Crippen LogP contribution in [0.25, 0.3) is 0 Å². The third-order valence-electron chi connectivity index (χ3n) is 3.86. The van der Waals surface area contributed by atoms with Gasteiger partial charge in [-0.1, -0.05) is 30.3 Å². The number of amides is 1. The maximum absolute atomic E-state index is 11.9. The molecule has 0 N–H and O–H groups in total. The second-order valence-corrected chi connectivity index (χ2v) is 5.40.